The molecule has 0 aliphatic heterocycles. The van der Waals surface area contributed by atoms with Crippen LogP contribution in [0.15, 0.2) is 36.4 Å². The van der Waals surface area contributed by atoms with E-state index < -0.39 is 0 Å². The molecule has 1 saturated carbocycles. The normalized spacial score (nSPS) is 24.0. The van der Waals surface area contributed by atoms with Crippen molar-refractivity contribution in [1.29, 1.82) is 5.26 Å². The van der Waals surface area contributed by atoms with Crippen molar-refractivity contribution < 1.29 is 0 Å². The first-order chi connectivity index (χ1) is 8.83. The molecular formula is C17H21N. The van der Waals surface area contributed by atoms with Crippen LogP contribution in [0.25, 0.3) is 0 Å². The average Bonchev–Trinajstić information content (AvgIpc) is 2.46. The lowest BCUT2D eigenvalue weighted by Gasteiger charge is -2.27. The minimum atomic E-state index is 0.621. The van der Waals surface area contributed by atoms with Gasteiger partial charge in [0.2, 0.25) is 0 Å². The third-order valence-electron chi connectivity index (χ3n) is 4.07. The van der Waals surface area contributed by atoms with Gasteiger partial charge in [0.05, 0.1) is 6.07 Å². The van der Waals surface area contributed by atoms with Crippen LogP contribution in [0.2, 0.25) is 0 Å². The second-order valence-electron chi connectivity index (χ2n) is 5.20. The number of allylic oxidation sites excluding steroid dienone is 2. The quantitative estimate of drug-likeness (QED) is 0.707. The number of aryl methyl sites for hydroxylation is 1. The van der Waals surface area contributed by atoms with Gasteiger partial charge in [0.1, 0.15) is 0 Å². The van der Waals surface area contributed by atoms with Gasteiger partial charge in [0.15, 0.2) is 0 Å². The number of hydrogen-bond donors (Lipinski definition) is 0. The van der Waals surface area contributed by atoms with E-state index >= 15 is 0 Å². The molecule has 0 saturated heterocycles. The first-order valence-electron chi connectivity index (χ1n) is 6.98. The van der Waals surface area contributed by atoms with E-state index in [0.29, 0.717) is 5.92 Å². The van der Waals surface area contributed by atoms with E-state index in [-0.39, 0.29) is 0 Å². The van der Waals surface area contributed by atoms with Crippen molar-refractivity contribution in [3.05, 3.63) is 47.5 Å². The Labute approximate surface area is 110 Å². The second-order valence-corrected chi connectivity index (χ2v) is 5.20. The van der Waals surface area contributed by atoms with E-state index in [1.165, 1.54) is 36.8 Å². The van der Waals surface area contributed by atoms with Crippen LogP contribution in [0.5, 0.6) is 0 Å². The maximum atomic E-state index is 8.54. The van der Waals surface area contributed by atoms with E-state index in [9.17, 15) is 0 Å². The molecule has 1 heteroatoms. The largest absolute Gasteiger partial charge is 0.193 e. The summed E-state index contributed by atoms with van der Waals surface area (Å²) in [4.78, 5) is 0. The maximum absolute atomic E-state index is 8.54. The van der Waals surface area contributed by atoms with Crippen molar-refractivity contribution in [1.82, 2.24) is 0 Å². The van der Waals surface area contributed by atoms with Crippen LogP contribution in [0.4, 0.5) is 0 Å². The molecule has 0 atom stereocenters. The lowest BCUT2D eigenvalue weighted by atomic mass is 9.78. The highest BCUT2D eigenvalue weighted by molar-refractivity contribution is 5.26. The Balaban J connectivity index is 1.92. The molecule has 0 N–H and O–H groups in total. The SMILES string of the molecule is CCc1ccc([C@H]2CC[C@H](/C=C/C#N)CC2)cc1. The summed E-state index contributed by atoms with van der Waals surface area (Å²) in [6, 6.07) is 11.2. The predicted octanol–water partition coefficient (Wildman–Crippen LogP) is 4.60. The third-order valence-corrected chi connectivity index (χ3v) is 4.07. The molecule has 0 spiro atoms. The molecule has 2 rings (SSSR count). The summed E-state index contributed by atoms with van der Waals surface area (Å²) < 4.78 is 0. The number of nitriles is 1. The van der Waals surface area contributed by atoms with E-state index in [2.05, 4.69) is 43.3 Å². The van der Waals surface area contributed by atoms with E-state index in [1.807, 2.05) is 0 Å². The van der Waals surface area contributed by atoms with Crippen LogP contribution >= 0.6 is 0 Å². The zero-order chi connectivity index (χ0) is 12.8. The van der Waals surface area contributed by atoms with Gasteiger partial charge in [-0.15, -0.1) is 0 Å². The fourth-order valence-corrected chi connectivity index (χ4v) is 2.85. The molecule has 0 aromatic heterocycles. The van der Waals surface area contributed by atoms with E-state index in [4.69, 9.17) is 5.26 Å². The van der Waals surface area contributed by atoms with Crippen molar-refractivity contribution in [3.8, 4) is 6.07 Å². The molecule has 1 aromatic carbocycles. The van der Waals surface area contributed by atoms with Gasteiger partial charge in [0, 0.05) is 6.08 Å². The summed E-state index contributed by atoms with van der Waals surface area (Å²) >= 11 is 0. The summed E-state index contributed by atoms with van der Waals surface area (Å²) in [5.41, 5.74) is 2.92. The van der Waals surface area contributed by atoms with Crippen molar-refractivity contribution >= 4 is 0 Å². The van der Waals surface area contributed by atoms with Gasteiger partial charge in [-0.2, -0.15) is 5.26 Å². The molecule has 0 heterocycles. The fraction of sp³-hybridized carbons (Fsp3) is 0.471. The minimum Gasteiger partial charge on any atom is -0.193 e. The number of nitrogens with zero attached hydrogens (tertiary/aromatic N) is 1. The number of rotatable bonds is 3. The molecule has 1 aromatic rings. The number of hydrogen-bond acceptors (Lipinski definition) is 1. The molecule has 0 unspecified atom stereocenters. The van der Waals surface area contributed by atoms with E-state index in [0.717, 1.165) is 12.3 Å². The van der Waals surface area contributed by atoms with Gasteiger partial charge in [-0.1, -0.05) is 37.3 Å². The van der Waals surface area contributed by atoms with Gasteiger partial charge < -0.3 is 0 Å². The molecule has 1 nitrogen and oxygen atoms in total. The summed E-state index contributed by atoms with van der Waals surface area (Å²) in [5, 5.41) is 8.54. The van der Waals surface area contributed by atoms with Crippen LogP contribution in [0.3, 0.4) is 0 Å². The predicted molar refractivity (Wildman–Crippen MR) is 75.3 cm³/mol. The van der Waals surface area contributed by atoms with Gasteiger partial charge in [-0.3, -0.25) is 0 Å². The first kappa shape index (κ1) is 12.9. The Kier molecular flexibility index (Phi) is 4.59. The summed E-state index contributed by atoms with van der Waals surface area (Å²) in [6.07, 6.45) is 9.79. The smallest absolute Gasteiger partial charge is 0.0908 e. The van der Waals surface area contributed by atoms with Crippen LogP contribution in [-0.2, 0) is 6.42 Å². The van der Waals surface area contributed by atoms with Gasteiger partial charge in [-0.25, -0.2) is 0 Å². The molecule has 1 fully saturated rings. The fourth-order valence-electron chi connectivity index (χ4n) is 2.85. The highest BCUT2D eigenvalue weighted by Crippen LogP contribution is 2.36. The number of benzene rings is 1. The monoisotopic (exact) mass is 239 g/mol. The minimum absolute atomic E-state index is 0.621. The van der Waals surface area contributed by atoms with E-state index in [1.54, 1.807) is 6.08 Å². The Morgan fingerprint density at radius 1 is 1.17 bits per heavy atom. The summed E-state index contributed by atoms with van der Waals surface area (Å²) in [6.45, 7) is 2.20. The van der Waals surface area contributed by atoms with Crippen molar-refractivity contribution in [2.24, 2.45) is 5.92 Å². The lowest BCUT2D eigenvalue weighted by Crippen LogP contribution is -2.11. The standard InChI is InChI=1S/C17H21N/c1-2-14-5-9-16(10-6-14)17-11-7-15(8-12-17)4-3-13-18/h3-6,9-10,15,17H,2,7-8,11-12H2,1H3/b4-3+/t15-,17-. The highest BCUT2D eigenvalue weighted by Gasteiger charge is 2.20. The molecule has 0 radical (unpaired) electrons. The Bertz CT molecular complexity index is 428. The lowest BCUT2D eigenvalue weighted by molar-refractivity contribution is 0.376. The second kappa shape index (κ2) is 6.40. The van der Waals surface area contributed by atoms with Gasteiger partial charge in [-0.05, 0) is 55.1 Å². The highest BCUT2D eigenvalue weighted by atomic mass is 14.3. The average molecular weight is 239 g/mol. The molecular weight excluding hydrogens is 218 g/mol. The van der Waals surface area contributed by atoms with Crippen LogP contribution < -0.4 is 0 Å². The molecule has 0 amide bonds. The first-order valence-corrected chi connectivity index (χ1v) is 6.98. The molecule has 18 heavy (non-hydrogen) atoms. The summed E-state index contributed by atoms with van der Waals surface area (Å²) in [7, 11) is 0. The topological polar surface area (TPSA) is 23.8 Å². The van der Waals surface area contributed by atoms with Crippen LogP contribution in [-0.4, -0.2) is 0 Å². The Morgan fingerprint density at radius 2 is 1.83 bits per heavy atom. The zero-order valence-electron chi connectivity index (χ0n) is 11.1. The van der Waals surface area contributed by atoms with Crippen LogP contribution in [0, 0.1) is 17.2 Å². The van der Waals surface area contributed by atoms with Crippen molar-refractivity contribution in [2.45, 2.75) is 44.9 Å². The zero-order valence-corrected chi connectivity index (χ0v) is 11.1. The van der Waals surface area contributed by atoms with Gasteiger partial charge in [0.25, 0.3) is 0 Å². The summed E-state index contributed by atoms with van der Waals surface area (Å²) in [5.74, 6) is 1.35. The molecule has 0 bridgehead atoms. The van der Waals surface area contributed by atoms with Crippen molar-refractivity contribution in [3.63, 3.8) is 0 Å². The Morgan fingerprint density at radius 3 is 2.39 bits per heavy atom. The van der Waals surface area contributed by atoms with Crippen LogP contribution in [0.1, 0.15) is 49.7 Å². The molecule has 1 aliphatic carbocycles. The van der Waals surface area contributed by atoms with Crippen molar-refractivity contribution in [2.75, 3.05) is 0 Å². The maximum Gasteiger partial charge on any atom is 0.0908 e. The molecule has 94 valence electrons. The Hall–Kier alpha value is -1.55. The van der Waals surface area contributed by atoms with Gasteiger partial charge >= 0.3 is 0 Å². The third kappa shape index (κ3) is 3.23. The molecule has 1 aliphatic rings.